The van der Waals surface area contributed by atoms with E-state index in [1.807, 2.05) is 10.9 Å². The van der Waals surface area contributed by atoms with E-state index in [2.05, 4.69) is 36.5 Å². The number of amides is 1. The molecule has 2 aromatic heterocycles. The molecule has 0 unspecified atom stereocenters. The predicted octanol–water partition coefficient (Wildman–Crippen LogP) is 5.44. The molecule has 0 aliphatic heterocycles. The summed E-state index contributed by atoms with van der Waals surface area (Å²) in [6.45, 7) is 4.48. The number of anilines is 1. The van der Waals surface area contributed by atoms with E-state index in [9.17, 15) is 13.6 Å². The smallest absolute Gasteiger partial charge is 0.291 e. The molecule has 0 spiro atoms. The lowest BCUT2D eigenvalue weighted by Gasteiger charge is -2.09. The maximum absolute atomic E-state index is 13.9. The van der Waals surface area contributed by atoms with E-state index in [0.717, 1.165) is 47.0 Å². The lowest BCUT2D eigenvalue weighted by molar-refractivity contribution is 0.0993. The zero-order valence-electron chi connectivity index (χ0n) is 17.7. The van der Waals surface area contributed by atoms with Gasteiger partial charge in [-0.3, -0.25) is 9.48 Å². The molecule has 0 bridgehead atoms. The molecule has 0 atom stereocenters. The molecule has 2 aromatic carbocycles. The van der Waals surface area contributed by atoms with Crippen molar-refractivity contribution in [3.8, 4) is 11.3 Å². The maximum Gasteiger partial charge on any atom is 0.291 e. The number of hydrogen-bond acceptors (Lipinski definition) is 3. The van der Waals surface area contributed by atoms with Gasteiger partial charge in [0.25, 0.3) is 5.91 Å². The van der Waals surface area contributed by atoms with Crippen LogP contribution in [0.1, 0.15) is 38.6 Å². The minimum atomic E-state index is -0.717. The van der Waals surface area contributed by atoms with Crippen LogP contribution in [-0.4, -0.2) is 15.7 Å². The van der Waals surface area contributed by atoms with Crippen molar-refractivity contribution in [2.75, 3.05) is 5.32 Å². The van der Waals surface area contributed by atoms with Gasteiger partial charge in [0.1, 0.15) is 17.4 Å². The van der Waals surface area contributed by atoms with Crippen molar-refractivity contribution in [1.29, 1.82) is 0 Å². The van der Waals surface area contributed by atoms with Crippen LogP contribution >= 0.6 is 0 Å². The molecular formula is C25H21F2N3O2. The van der Waals surface area contributed by atoms with E-state index >= 15 is 0 Å². The highest BCUT2D eigenvalue weighted by atomic mass is 19.1. The molecule has 1 N–H and O–H groups in total. The maximum atomic E-state index is 13.9. The quantitative estimate of drug-likeness (QED) is 0.466. The van der Waals surface area contributed by atoms with E-state index in [0.29, 0.717) is 24.3 Å². The molecule has 5 rings (SSSR count). The number of halogens is 2. The molecule has 0 radical (unpaired) electrons. The Morgan fingerprint density at radius 2 is 1.91 bits per heavy atom. The number of nitrogens with zero attached hydrogens (tertiary/aromatic N) is 2. The van der Waals surface area contributed by atoms with Crippen molar-refractivity contribution in [2.24, 2.45) is 0 Å². The van der Waals surface area contributed by atoms with Gasteiger partial charge < -0.3 is 9.73 Å². The van der Waals surface area contributed by atoms with Gasteiger partial charge in [-0.05, 0) is 43.5 Å². The van der Waals surface area contributed by atoms with Crippen LogP contribution in [0, 0.1) is 25.5 Å². The first-order chi connectivity index (χ1) is 15.4. The van der Waals surface area contributed by atoms with E-state index < -0.39 is 17.5 Å². The molecule has 0 saturated heterocycles. The molecule has 162 valence electrons. The lowest BCUT2D eigenvalue weighted by atomic mass is 9.93. The third-order valence-corrected chi connectivity index (χ3v) is 5.76. The predicted molar refractivity (Wildman–Crippen MR) is 117 cm³/mol. The second kappa shape index (κ2) is 7.75. The Labute approximate surface area is 183 Å². The molecule has 4 aromatic rings. The Kier molecular flexibility index (Phi) is 4.89. The molecular weight excluding hydrogens is 412 g/mol. The first kappa shape index (κ1) is 20.2. The number of aryl methyl sites for hydroxylation is 3. The number of furan rings is 1. The van der Waals surface area contributed by atoms with Gasteiger partial charge in [0.05, 0.1) is 17.9 Å². The average molecular weight is 433 g/mol. The van der Waals surface area contributed by atoms with Gasteiger partial charge in [-0.15, -0.1) is 0 Å². The van der Waals surface area contributed by atoms with Gasteiger partial charge in [0, 0.05) is 29.8 Å². The fraction of sp³-hybridized carbons (Fsp3) is 0.200. The van der Waals surface area contributed by atoms with Crippen LogP contribution in [0.2, 0.25) is 0 Å². The summed E-state index contributed by atoms with van der Waals surface area (Å²) in [7, 11) is 0. The molecule has 1 aliphatic carbocycles. The fourth-order valence-corrected chi connectivity index (χ4v) is 4.11. The summed E-state index contributed by atoms with van der Waals surface area (Å²) in [4.78, 5) is 12.8. The SMILES string of the molecule is Cc1ccc(Cn2cc3c(n2)-c2c(oc(C(=O)Nc4cc(F)ccc4F)c2C)CC3)cc1. The Bertz CT molecular complexity index is 1340. The molecule has 2 heterocycles. The number of hydrogen-bond donors (Lipinski definition) is 1. The molecule has 5 nitrogen and oxygen atoms in total. The summed E-state index contributed by atoms with van der Waals surface area (Å²) < 4.78 is 35.2. The number of aromatic nitrogens is 2. The van der Waals surface area contributed by atoms with E-state index in [-0.39, 0.29) is 11.4 Å². The normalized spacial score (nSPS) is 12.4. The van der Waals surface area contributed by atoms with Crippen molar-refractivity contribution in [3.05, 3.63) is 94.1 Å². The topological polar surface area (TPSA) is 60.1 Å². The van der Waals surface area contributed by atoms with Crippen molar-refractivity contribution < 1.29 is 18.0 Å². The summed E-state index contributed by atoms with van der Waals surface area (Å²) in [5, 5.41) is 7.18. The van der Waals surface area contributed by atoms with Gasteiger partial charge in [-0.2, -0.15) is 5.10 Å². The number of fused-ring (bicyclic) bond motifs is 3. The highest BCUT2D eigenvalue weighted by Gasteiger charge is 2.30. The number of carbonyl (C=O) groups is 1. The fourth-order valence-electron chi connectivity index (χ4n) is 4.11. The molecule has 1 aliphatic rings. The van der Waals surface area contributed by atoms with Crippen LogP contribution in [0.3, 0.4) is 0 Å². The van der Waals surface area contributed by atoms with Crippen LogP contribution in [0.25, 0.3) is 11.3 Å². The van der Waals surface area contributed by atoms with Crippen molar-refractivity contribution in [3.63, 3.8) is 0 Å². The molecule has 1 amide bonds. The third-order valence-electron chi connectivity index (χ3n) is 5.76. The summed E-state index contributed by atoms with van der Waals surface area (Å²) in [5.41, 5.74) is 5.46. The third kappa shape index (κ3) is 3.60. The summed E-state index contributed by atoms with van der Waals surface area (Å²) in [6.07, 6.45) is 3.43. The molecule has 32 heavy (non-hydrogen) atoms. The largest absolute Gasteiger partial charge is 0.455 e. The molecule has 7 heteroatoms. The second-order valence-corrected chi connectivity index (χ2v) is 8.12. The van der Waals surface area contributed by atoms with E-state index in [4.69, 9.17) is 9.52 Å². The number of nitrogens with one attached hydrogen (secondary N) is 1. The number of benzene rings is 2. The van der Waals surface area contributed by atoms with Gasteiger partial charge in [-0.1, -0.05) is 29.8 Å². The van der Waals surface area contributed by atoms with Gasteiger partial charge >= 0.3 is 0 Å². The van der Waals surface area contributed by atoms with Crippen molar-refractivity contribution in [1.82, 2.24) is 9.78 Å². The standard InChI is InChI=1S/C25H21F2N3O2/c1-14-3-5-16(6-4-14)12-30-13-17-7-10-21-22(23(17)29-30)15(2)24(32-21)25(31)28-20-11-18(26)8-9-19(20)27/h3-6,8-9,11,13H,7,10,12H2,1-2H3,(H,28,31). The molecule has 0 fully saturated rings. The Hall–Kier alpha value is -3.74. The minimum absolute atomic E-state index is 0.0830. The zero-order chi connectivity index (χ0) is 22.4. The Morgan fingerprint density at radius 3 is 2.69 bits per heavy atom. The van der Waals surface area contributed by atoms with Crippen LogP contribution in [0.5, 0.6) is 0 Å². The zero-order valence-corrected chi connectivity index (χ0v) is 17.7. The number of rotatable bonds is 4. The Balaban J connectivity index is 1.45. The first-order valence-corrected chi connectivity index (χ1v) is 10.4. The van der Waals surface area contributed by atoms with Crippen LogP contribution in [0.4, 0.5) is 14.5 Å². The monoisotopic (exact) mass is 433 g/mol. The van der Waals surface area contributed by atoms with E-state index in [1.54, 1.807) is 6.92 Å². The van der Waals surface area contributed by atoms with Gasteiger partial charge in [-0.25, -0.2) is 8.78 Å². The van der Waals surface area contributed by atoms with Crippen molar-refractivity contribution >= 4 is 11.6 Å². The first-order valence-electron chi connectivity index (χ1n) is 10.4. The Morgan fingerprint density at radius 1 is 1.12 bits per heavy atom. The minimum Gasteiger partial charge on any atom is -0.455 e. The van der Waals surface area contributed by atoms with Crippen LogP contribution in [-0.2, 0) is 19.4 Å². The second-order valence-electron chi connectivity index (χ2n) is 8.12. The van der Waals surface area contributed by atoms with Crippen molar-refractivity contribution in [2.45, 2.75) is 33.2 Å². The number of carbonyl (C=O) groups excluding carboxylic acids is 1. The molecule has 0 saturated carbocycles. The van der Waals surface area contributed by atoms with Crippen LogP contribution in [0.15, 0.2) is 53.1 Å². The van der Waals surface area contributed by atoms with Gasteiger partial charge in [0.15, 0.2) is 5.76 Å². The van der Waals surface area contributed by atoms with Crippen LogP contribution < -0.4 is 5.32 Å². The van der Waals surface area contributed by atoms with Gasteiger partial charge in [0.2, 0.25) is 0 Å². The highest BCUT2D eigenvalue weighted by Crippen LogP contribution is 2.38. The van der Waals surface area contributed by atoms with E-state index in [1.165, 1.54) is 5.56 Å². The average Bonchev–Trinajstić information content (AvgIpc) is 3.32. The summed E-state index contributed by atoms with van der Waals surface area (Å²) >= 11 is 0. The highest BCUT2D eigenvalue weighted by molar-refractivity contribution is 6.04. The summed E-state index contributed by atoms with van der Waals surface area (Å²) in [6, 6.07) is 11.2. The summed E-state index contributed by atoms with van der Waals surface area (Å²) in [5.74, 6) is -1.21. The lowest BCUT2D eigenvalue weighted by Crippen LogP contribution is -2.13.